The second kappa shape index (κ2) is 9.80. The molecule has 1 N–H and O–H groups in total. The Morgan fingerprint density at radius 1 is 1.11 bits per heavy atom. The highest BCUT2D eigenvalue weighted by Crippen LogP contribution is 2.38. The summed E-state index contributed by atoms with van der Waals surface area (Å²) in [6.07, 6.45) is 9.77. The first kappa shape index (κ1) is 16.0. The van der Waals surface area contributed by atoms with Gasteiger partial charge < -0.3 is 10.1 Å². The fourth-order valence-corrected chi connectivity index (χ4v) is 3.57. The third kappa shape index (κ3) is 5.71. The molecular formula is C16H33NO. The molecule has 0 radical (unpaired) electrons. The van der Waals surface area contributed by atoms with Crippen molar-refractivity contribution in [1.82, 2.24) is 5.32 Å². The summed E-state index contributed by atoms with van der Waals surface area (Å²) >= 11 is 0. The first-order valence-electron chi connectivity index (χ1n) is 8.04. The zero-order chi connectivity index (χ0) is 13.2. The van der Waals surface area contributed by atoms with Gasteiger partial charge in [0.25, 0.3) is 0 Å². The molecule has 0 spiro atoms. The molecule has 3 atom stereocenters. The van der Waals surface area contributed by atoms with Crippen molar-refractivity contribution in [3.8, 4) is 0 Å². The van der Waals surface area contributed by atoms with E-state index in [1.54, 1.807) is 0 Å². The lowest BCUT2D eigenvalue weighted by Gasteiger charge is -2.36. The molecule has 18 heavy (non-hydrogen) atoms. The summed E-state index contributed by atoms with van der Waals surface area (Å²) in [6.45, 7) is 7.43. The van der Waals surface area contributed by atoms with E-state index in [2.05, 4.69) is 26.2 Å². The second-order valence-corrected chi connectivity index (χ2v) is 5.88. The van der Waals surface area contributed by atoms with E-state index in [9.17, 15) is 0 Å². The molecule has 1 saturated carbocycles. The van der Waals surface area contributed by atoms with Crippen molar-refractivity contribution in [2.45, 2.75) is 58.8 Å². The van der Waals surface area contributed by atoms with E-state index in [1.807, 2.05) is 0 Å². The van der Waals surface area contributed by atoms with Crippen LogP contribution in [0.2, 0.25) is 0 Å². The summed E-state index contributed by atoms with van der Waals surface area (Å²) in [5.74, 6) is 2.84. The van der Waals surface area contributed by atoms with Crippen LogP contribution in [0, 0.1) is 17.8 Å². The largest absolute Gasteiger partial charge is 0.382 e. The highest BCUT2D eigenvalue weighted by molar-refractivity contribution is 4.81. The predicted octanol–water partition coefficient (Wildman–Crippen LogP) is 3.86. The molecule has 0 bridgehead atoms. The van der Waals surface area contributed by atoms with Crippen molar-refractivity contribution in [2.75, 3.05) is 26.8 Å². The predicted molar refractivity (Wildman–Crippen MR) is 78.9 cm³/mol. The van der Waals surface area contributed by atoms with Gasteiger partial charge in [-0.2, -0.15) is 0 Å². The van der Waals surface area contributed by atoms with Crippen LogP contribution in [0.25, 0.3) is 0 Å². The average molecular weight is 255 g/mol. The van der Waals surface area contributed by atoms with E-state index in [1.165, 1.54) is 51.5 Å². The number of ether oxygens (including phenoxy) is 1. The van der Waals surface area contributed by atoms with Gasteiger partial charge in [-0.15, -0.1) is 0 Å². The summed E-state index contributed by atoms with van der Waals surface area (Å²) in [5, 5.41) is 3.38. The minimum Gasteiger partial charge on any atom is -0.382 e. The zero-order valence-corrected chi connectivity index (χ0v) is 12.7. The Balaban J connectivity index is 2.34. The first-order chi connectivity index (χ1) is 8.81. The lowest BCUT2D eigenvalue weighted by atomic mass is 9.71. The van der Waals surface area contributed by atoms with Gasteiger partial charge in [0.2, 0.25) is 0 Å². The Morgan fingerprint density at radius 2 is 1.94 bits per heavy atom. The maximum Gasteiger partial charge on any atom is 0.0465 e. The minimum atomic E-state index is 0.864. The van der Waals surface area contributed by atoms with Gasteiger partial charge in [0.1, 0.15) is 0 Å². The molecule has 0 saturated heterocycles. The number of rotatable bonds is 9. The molecule has 0 aliphatic heterocycles. The Labute approximate surface area is 114 Å². The molecule has 0 aromatic rings. The van der Waals surface area contributed by atoms with E-state index < -0.39 is 0 Å². The number of hydrogen-bond acceptors (Lipinski definition) is 2. The van der Waals surface area contributed by atoms with E-state index in [4.69, 9.17) is 4.74 Å². The highest BCUT2D eigenvalue weighted by atomic mass is 16.5. The third-order valence-corrected chi connectivity index (χ3v) is 4.48. The average Bonchev–Trinajstić information content (AvgIpc) is 2.38. The quantitative estimate of drug-likeness (QED) is 0.632. The molecule has 1 rings (SSSR count). The van der Waals surface area contributed by atoms with Crippen molar-refractivity contribution in [3.63, 3.8) is 0 Å². The maximum atomic E-state index is 5.48. The van der Waals surface area contributed by atoms with Gasteiger partial charge in [-0.3, -0.25) is 0 Å². The molecule has 108 valence electrons. The monoisotopic (exact) mass is 255 g/mol. The van der Waals surface area contributed by atoms with Crippen molar-refractivity contribution in [1.29, 1.82) is 0 Å². The Kier molecular flexibility index (Phi) is 8.70. The Bertz CT molecular complexity index is 196. The normalized spacial score (nSPS) is 28.5. The van der Waals surface area contributed by atoms with E-state index in [-0.39, 0.29) is 0 Å². The molecule has 1 fully saturated rings. The summed E-state index contributed by atoms with van der Waals surface area (Å²) in [5.41, 5.74) is 0. The number of nitrogens with one attached hydrogen (secondary N) is 1. The van der Waals surface area contributed by atoms with Crippen LogP contribution >= 0.6 is 0 Å². The summed E-state index contributed by atoms with van der Waals surface area (Å²) in [4.78, 5) is 0. The summed E-state index contributed by atoms with van der Waals surface area (Å²) in [7, 11) is 2.09. The molecule has 3 unspecified atom stereocenters. The van der Waals surface area contributed by atoms with Crippen molar-refractivity contribution < 1.29 is 4.74 Å². The van der Waals surface area contributed by atoms with Gasteiger partial charge in [-0.05, 0) is 64.0 Å². The van der Waals surface area contributed by atoms with Crippen molar-refractivity contribution in [3.05, 3.63) is 0 Å². The lowest BCUT2D eigenvalue weighted by molar-refractivity contribution is 0.116. The molecule has 0 amide bonds. The van der Waals surface area contributed by atoms with E-state index in [0.717, 1.165) is 31.0 Å². The van der Waals surface area contributed by atoms with Crippen LogP contribution in [-0.4, -0.2) is 26.8 Å². The number of hydrogen-bond donors (Lipinski definition) is 1. The fourth-order valence-electron chi connectivity index (χ4n) is 3.57. The molecule has 0 aromatic carbocycles. The van der Waals surface area contributed by atoms with Crippen LogP contribution in [0.1, 0.15) is 58.8 Å². The van der Waals surface area contributed by atoms with Crippen LogP contribution < -0.4 is 5.32 Å². The third-order valence-electron chi connectivity index (χ3n) is 4.48. The smallest absolute Gasteiger partial charge is 0.0465 e. The molecule has 2 heteroatoms. The van der Waals surface area contributed by atoms with Gasteiger partial charge in [0.05, 0.1) is 0 Å². The van der Waals surface area contributed by atoms with Crippen LogP contribution in [0.15, 0.2) is 0 Å². The fraction of sp³-hybridized carbons (Fsp3) is 1.00. The van der Waals surface area contributed by atoms with Crippen molar-refractivity contribution in [2.24, 2.45) is 17.8 Å². The van der Waals surface area contributed by atoms with E-state index in [0.29, 0.717) is 0 Å². The van der Waals surface area contributed by atoms with Gasteiger partial charge >= 0.3 is 0 Å². The zero-order valence-electron chi connectivity index (χ0n) is 12.7. The topological polar surface area (TPSA) is 21.3 Å². The van der Waals surface area contributed by atoms with Gasteiger partial charge in [-0.1, -0.05) is 26.2 Å². The molecule has 0 heterocycles. The van der Waals surface area contributed by atoms with Crippen LogP contribution in [0.5, 0.6) is 0 Å². The first-order valence-corrected chi connectivity index (χ1v) is 8.04. The van der Waals surface area contributed by atoms with Crippen LogP contribution in [0.3, 0.4) is 0 Å². The summed E-state index contributed by atoms with van der Waals surface area (Å²) < 4.78 is 5.48. The molecule has 0 aromatic heterocycles. The highest BCUT2D eigenvalue weighted by Gasteiger charge is 2.29. The molecular weight excluding hydrogens is 222 g/mol. The SMILES string of the molecule is CCCC1CCC(CNC)C(CCCOCC)C1. The Hall–Kier alpha value is -0.0800. The van der Waals surface area contributed by atoms with Crippen molar-refractivity contribution >= 4 is 0 Å². The standard InChI is InChI=1S/C16H33NO/c1-4-7-14-9-10-16(13-17-3)15(12-14)8-6-11-18-5-2/h14-17H,4-13H2,1-3H3. The van der Waals surface area contributed by atoms with Gasteiger partial charge in [0.15, 0.2) is 0 Å². The van der Waals surface area contributed by atoms with Crippen LogP contribution in [0.4, 0.5) is 0 Å². The van der Waals surface area contributed by atoms with Crippen LogP contribution in [-0.2, 0) is 4.74 Å². The van der Waals surface area contributed by atoms with Gasteiger partial charge in [-0.25, -0.2) is 0 Å². The van der Waals surface area contributed by atoms with Gasteiger partial charge in [0, 0.05) is 13.2 Å². The molecule has 1 aliphatic carbocycles. The Morgan fingerprint density at radius 3 is 2.61 bits per heavy atom. The minimum absolute atomic E-state index is 0.864. The second-order valence-electron chi connectivity index (χ2n) is 5.88. The van der Waals surface area contributed by atoms with E-state index >= 15 is 0 Å². The molecule has 1 aliphatic rings. The lowest BCUT2D eigenvalue weighted by Crippen LogP contribution is -2.32. The molecule has 2 nitrogen and oxygen atoms in total. The maximum absolute atomic E-state index is 5.48. The summed E-state index contributed by atoms with van der Waals surface area (Å²) in [6, 6.07) is 0.